The van der Waals surface area contributed by atoms with Crippen LogP contribution in [0.5, 0.6) is 0 Å². The number of halogens is 2. The van der Waals surface area contributed by atoms with Crippen LogP contribution in [-0.4, -0.2) is 20.6 Å². The van der Waals surface area contributed by atoms with E-state index in [1.807, 2.05) is 6.92 Å². The predicted molar refractivity (Wildman–Crippen MR) is 60.7 cm³/mol. The summed E-state index contributed by atoms with van der Waals surface area (Å²) in [4.78, 5) is 17.7. The van der Waals surface area contributed by atoms with Crippen LogP contribution in [0.1, 0.15) is 16.2 Å². The van der Waals surface area contributed by atoms with Crippen molar-refractivity contribution in [2.45, 2.75) is 11.8 Å². The Morgan fingerprint density at radius 1 is 1.47 bits per heavy atom. The Bertz CT molecular complexity index is 519. The molecule has 78 valence electrons. The van der Waals surface area contributed by atoms with Gasteiger partial charge in [-0.05, 0) is 25.1 Å². The van der Waals surface area contributed by atoms with Crippen LogP contribution in [0, 0.1) is 6.92 Å². The third-order valence-electron chi connectivity index (χ3n) is 2.08. The van der Waals surface area contributed by atoms with E-state index in [-0.39, 0.29) is 5.78 Å². The molecule has 0 saturated heterocycles. The molecule has 0 radical (unpaired) electrons. The number of nitrogens with zero attached hydrogens (tertiary/aromatic N) is 1. The SMILES string of the molecule is Cc1nc2ccc(C(=O)C(Cl)Cl)cc2[nH]1. The summed E-state index contributed by atoms with van der Waals surface area (Å²) >= 11 is 11.0. The van der Waals surface area contributed by atoms with Crippen molar-refractivity contribution in [3.8, 4) is 0 Å². The number of aromatic amines is 1. The smallest absolute Gasteiger partial charge is 0.195 e. The molecule has 0 aliphatic carbocycles. The fraction of sp³-hybridized carbons (Fsp3) is 0.200. The van der Waals surface area contributed by atoms with Crippen molar-refractivity contribution in [1.82, 2.24) is 9.97 Å². The second-order valence-corrected chi connectivity index (χ2v) is 4.32. The van der Waals surface area contributed by atoms with Gasteiger partial charge in [-0.15, -0.1) is 0 Å². The molecule has 1 aromatic carbocycles. The molecular formula is C10H8Cl2N2O. The Balaban J connectivity index is 2.51. The molecule has 0 fully saturated rings. The minimum Gasteiger partial charge on any atom is -0.342 e. The molecule has 0 bridgehead atoms. The average Bonchev–Trinajstić information content (AvgIpc) is 2.55. The van der Waals surface area contributed by atoms with E-state index in [0.29, 0.717) is 5.56 Å². The van der Waals surface area contributed by atoms with Crippen LogP contribution < -0.4 is 0 Å². The number of aryl methyl sites for hydroxylation is 1. The third-order valence-corrected chi connectivity index (χ3v) is 2.48. The molecule has 0 atom stereocenters. The van der Waals surface area contributed by atoms with Crippen LogP contribution in [0.4, 0.5) is 0 Å². The molecule has 0 aliphatic heterocycles. The number of rotatable bonds is 2. The van der Waals surface area contributed by atoms with Crippen molar-refractivity contribution in [3.63, 3.8) is 0 Å². The number of ketones is 1. The lowest BCUT2D eigenvalue weighted by molar-refractivity contribution is 0.101. The van der Waals surface area contributed by atoms with E-state index in [2.05, 4.69) is 9.97 Å². The quantitative estimate of drug-likeness (QED) is 0.651. The minimum absolute atomic E-state index is 0.299. The highest BCUT2D eigenvalue weighted by Gasteiger charge is 2.14. The van der Waals surface area contributed by atoms with Crippen molar-refractivity contribution < 1.29 is 4.79 Å². The normalized spacial score (nSPS) is 11.2. The maximum absolute atomic E-state index is 11.5. The van der Waals surface area contributed by atoms with Gasteiger partial charge in [-0.1, -0.05) is 23.2 Å². The lowest BCUT2D eigenvalue weighted by atomic mass is 10.1. The second kappa shape index (κ2) is 3.83. The number of imidazole rings is 1. The molecule has 2 aromatic rings. The van der Waals surface area contributed by atoms with Gasteiger partial charge in [-0.3, -0.25) is 4.79 Å². The molecule has 1 N–H and O–H groups in total. The molecule has 1 heterocycles. The Morgan fingerprint density at radius 3 is 2.87 bits per heavy atom. The van der Waals surface area contributed by atoms with Gasteiger partial charge in [0.1, 0.15) is 5.82 Å². The molecule has 0 amide bonds. The first kappa shape index (κ1) is 10.5. The van der Waals surface area contributed by atoms with Crippen LogP contribution in [0.25, 0.3) is 11.0 Å². The summed E-state index contributed by atoms with van der Waals surface area (Å²) in [6.07, 6.45) is 0. The van der Waals surface area contributed by atoms with Crippen LogP contribution in [0.2, 0.25) is 0 Å². The molecule has 0 aliphatic rings. The maximum Gasteiger partial charge on any atom is 0.195 e. The van der Waals surface area contributed by atoms with Crippen LogP contribution in [0.15, 0.2) is 18.2 Å². The number of alkyl halides is 2. The third kappa shape index (κ3) is 1.98. The van der Waals surface area contributed by atoms with E-state index in [1.54, 1.807) is 18.2 Å². The van der Waals surface area contributed by atoms with E-state index in [1.165, 1.54) is 0 Å². The van der Waals surface area contributed by atoms with Crippen LogP contribution in [-0.2, 0) is 0 Å². The number of H-pyrrole nitrogens is 1. The number of hydrogen-bond donors (Lipinski definition) is 1. The summed E-state index contributed by atoms with van der Waals surface area (Å²) in [7, 11) is 0. The summed E-state index contributed by atoms with van der Waals surface area (Å²) in [5, 5.41) is 0. The maximum atomic E-state index is 11.5. The van der Waals surface area contributed by atoms with E-state index < -0.39 is 4.84 Å². The molecular weight excluding hydrogens is 235 g/mol. The van der Waals surface area contributed by atoms with Gasteiger partial charge < -0.3 is 4.98 Å². The van der Waals surface area contributed by atoms with Crippen LogP contribution in [0.3, 0.4) is 0 Å². The Kier molecular flexibility index (Phi) is 2.67. The monoisotopic (exact) mass is 242 g/mol. The Morgan fingerprint density at radius 2 is 2.20 bits per heavy atom. The first-order valence-electron chi connectivity index (χ1n) is 4.36. The lowest BCUT2D eigenvalue weighted by Crippen LogP contribution is -2.07. The van der Waals surface area contributed by atoms with Gasteiger partial charge in [0.15, 0.2) is 10.6 Å². The van der Waals surface area contributed by atoms with Gasteiger partial charge in [0.25, 0.3) is 0 Å². The largest absolute Gasteiger partial charge is 0.342 e. The number of fused-ring (bicyclic) bond motifs is 1. The summed E-state index contributed by atoms with van der Waals surface area (Å²) in [5.41, 5.74) is 2.12. The summed E-state index contributed by atoms with van der Waals surface area (Å²) < 4.78 is 0. The van der Waals surface area contributed by atoms with Gasteiger partial charge in [-0.2, -0.15) is 0 Å². The Labute approximate surface area is 96.4 Å². The standard InChI is InChI=1S/C10H8Cl2N2O/c1-5-13-7-3-2-6(4-8(7)14-5)9(15)10(11)12/h2-4,10H,1H3,(H,13,14). The number of carbonyl (C=O) groups is 1. The molecule has 15 heavy (non-hydrogen) atoms. The van der Waals surface area contributed by atoms with E-state index in [0.717, 1.165) is 16.9 Å². The van der Waals surface area contributed by atoms with Gasteiger partial charge in [-0.25, -0.2) is 4.98 Å². The average molecular weight is 243 g/mol. The second-order valence-electron chi connectivity index (χ2n) is 3.22. The zero-order chi connectivity index (χ0) is 11.0. The minimum atomic E-state index is -1.02. The predicted octanol–water partition coefficient (Wildman–Crippen LogP) is 2.86. The van der Waals surface area contributed by atoms with Crippen molar-refractivity contribution >= 4 is 40.0 Å². The fourth-order valence-corrected chi connectivity index (χ4v) is 1.67. The van der Waals surface area contributed by atoms with Crippen LogP contribution >= 0.6 is 23.2 Å². The number of hydrogen-bond acceptors (Lipinski definition) is 2. The first-order chi connectivity index (χ1) is 7.08. The summed E-state index contributed by atoms with van der Waals surface area (Å²) in [5.74, 6) is 0.510. The van der Waals surface area contributed by atoms with Gasteiger partial charge in [0.2, 0.25) is 0 Å². The van der Waals surface area contributed by atoms with Gasteiger partial charge in [0.05, 0.1) is 11.0 Å². The molecule has 0 spiro atoms. The fourth-order valence-electron chi connectivity index (χ4n) is 1.42. The van der Waals surface area contributed by atoms with Crippen molar-refractivity contribution in [2.24, 2.45) is 0 Å². The number of aromatic nitrogens is 2. The molecule has 3 nitrogen and oxygen atoms in total. The number of benzene rings is 1. The molecule has 5 heteroatoms. The summed E-state index contributed by atoms with van der Waals surface area (Å²) in [6, 6.07) is 5.14. The van der Waals surface area contributed by atoms with E-state index in [9.17, 15) is 4.79 Å². The molecule has 0 saturated carbocycles. The Hall–Kier alpha value is -1.06. The highest BCUT2D eigenvalue weighted by atomic mass is 35.5. The van der Waals surface area contributed by atoms with Crippen molar-refractivity contribution in [1.29, 1.82) is 0 Å². The molecule has 2 rings (SSSR count). The zero-order valence-electron chi connectivity index (χ0n) is 7.92. The number of Topliss-reactive ketones (excluding diaryl/α,β-unsaturated/α-hetero) is 1. The lowest BCUT2D eigenvalue weighted by Gasteiger charge is -2.00. The highest BCUT2D eigenvalue weighted by Crippen LogP contribution is 2.17. The van der Waals surface area contributed by atoms with E-state index >= 15 is 0 Å². The summed E-state index contributed by atoms with van der Waals surface area (Å²) in [6.45, 7) is 1.85. The van der Waals surface area contributed by atoms with Gasteiger partial charge >= 0.3 is 0 Å². The van der Waals surface area contributed by atoms with Gasteiger partial charge in [0, 0.05) is 5.56 Å². The van der Waals surface area contributed by atoms with E-state index in [4.69, 9.17) is 23.2 Å². The van der Waals surface area contributed by atoms with Crippen molar-refractivity contribution in [2.75, 3.05) is 0 Å². The zero-order valence-corrected chi connectivity index (χ0v) is 9.43. The van der Waals surface area contributed by atoms with Crippen molar-refractivity contribution in [3.05, 3.63) is 29.6 Å². The number of nitrogens with one attached hydrogen (secondary N) is 1. The topological polar surface area (TPSA) is 45.8 Å². The molecule has 0 unspecified atom stereocenters. The highest BCUT2D eigenvalue weighted by molar-refractivity contribution is 6.55. The number of carbonyl (C=O) groups excluding carboxylic acids is 1. The first-order valence-corrected chi connectivity index (χ1v) is 5.24. The molecule has 1 aromatic heterocycles.